The number of benzene rings is 5. The van der Waals surface area contributed by atoms with Crippen LogP contribution in [0, 0.1) is 40.1 Å². The summed E-state index contributed by atoms with van der Waals surface area (Å²) in [5, 5.41) is 23.1. The van der Waals surface area contributed by atoms with E-state index in [1.807, 2.05) is 47.0 Å². The fourth-order valence-electron chi connectivity index (χ4n) is 5.69. The summed E-state index contributed by atoms with van der Waals surface area (Å²) in [6.45, 7) is 0. The van der Waals surface area contributed by atoms with Crippen molar-refractivity contribution < 1.29 is 13.2 Å². The molecule has 7 heteroatoms. The second-order valence-electron chi connectivity index (χ2n) is 9.20. The number of nitrogens with zero attached hydrogens (tertiary/aromatic N) is 4. The molecule has 184 valence electrons. The molecule has 7 rings (SSSR count). The predicted octanol–water partition coefficient (Wildman–Crippen LogP) is 8.04. The molecule has 0 bridgehead atoms. The molecule has 0 radical (unpaired) electrons. The Morgan fingerprint density at radius 3 is 1.77 bits per heavy atom. The lowest BCUT2D eigenvalue weighted by Gasteiger charge is -2.13. The topological polar surface area (TPSA) is 57.4 Å². The standard InChI is InChI=1S/C32H15F3N4/c33-20-14-24(34)32(25(35)15-20)38-27-11-4-2-9-23(27)29-28(38)13-12-22-21-8-1-3-10-26(21)39(31(22)29)30-18(16-36)6-5-7-19(30)17-37/h1-15H. The molecule has 0 fully saturated rings. The van der Waals surface area contributed by atoms with E-state index in [0.29, 0.717) is 56.3 Å². The van der Waals surface area contributed by atoms with Crippen molar-refractivity contribution in [2.24, 2.45) is 0 Å². The lowest BCUT2D eigenvalue weighted by atomic mass is 10.1. The van der Waals surface area contributed by atoms with Crippen molar-refractivity contribution in [3.05, 3.63) is 120 Å². The number of fused-ring (bicyclic) bond motifs is 7. The molecule has 39 heavy (non-hydrogen) atoms. The minimum absolute atomic E-state index is 0.313. The fourth-order valence-corrected chi connectivity index (χ4v) is 5.69. The van der Waals surface area contributed by atoms with Crippen LogP contribution < -0.4 is 0 Å². The molecule has 0 aliphatic heterocycles. The van der Waals surface area contributed by atoms with Gasteiger partial charge in [-0.25, -0.2) is 13.2 Å². The van der Waals surface area contributed by atoms with E-state index in [0.717, 1.165) is 16.3 Å². The Bertz CT molecular complexity index is 2190. The van der Waals surface area contributed by atoms with Gasteiger partial charge in [0, 0.05) is 33.7 Å². The maximum atomic E-state index is 15.2. The molecule has 0 atom stereocenters. The van der Waals surface area contributed by atoms with Crippen molar-refractivity contribution in [1.29, 1.82) is 10.5 Å². The number of nitriles is 2. The molecule has 2 heterocycles. The van der Waals surface area contributed by atoms with Gasteiger partial charge in [-0.3, -0.25) is 0 Å². The van der Waals surface area contributed by atoms with Gasteiger partial charge < -0.3 is 9.13 Å². The second kappa shape index (κ2) is 8.24. The summed E-state index contributed by atoms with van der Waals surface area (Å²) in [7, 11) is 0. The minimum Gasteiger partial charge on any atom is -0.306 e. The Morgan fingerprint density at radius 1 is 0.538 bits per heavy atom. The predicted molar refractivity (Wildman–Crippen MR) is 144 cm³/mol. The molecule has 0 spiro atoms. The average Bonchev–Trinajstić information content (AvgIpc) is 3.45. The van der Waals surface area contributed by atoms with Crippen molar-refractivity contribution in [3.63, 3.8) is 0 Å². The van der Waals surface area contributed by atoms with Crippen LogP contribution in [0.2, 0.25) is 0 Å². The lowest BCUT2D eigenvalue weighted by molar-refractivity contribution is 0.537. The van der Waals surface area contributed by atoms with Crippen LogP contribution in [0.25, 0.3) is 55.0 Å². The smallest absolute Gasteiger partial charge is 0.153 e. The molecule has 4 nitrogen and oxygen atoms in total. The highest BCUT2D eigenvalue weighted by molar-refractivity contribution is 6.26. The SMILES string of the molecule is N#Cc1cccc(C#N)c1-n1c2ccccc2c2ccc3c(c4ccccc4n3-c3c(F)cc(F)cc3F)c21. The average molecular weight is 512 g/mol. The van der Waals surface area contributed by atoms with E-state index in [2.05, 4.69) is 12.1 Å². The van der Waals surface area contributed by atoms with Crippen molar-refractivity contribution >= 4 is 43.6 Å². The Morgan fingerprint density at radius 2 is 1.13 bits per heavy atom. The summed E-state index contributed by atoms with van der Waals surface area (Å²) >= 11 is 0. The van der Waals surface area contributed by atoms with Crippen LogP contribution in [-0.4, -0.2) is 9.13 Å². The zero-order valence-corrected chi connectivity index (χ0v) is 20.1. The Kier molecular flexibility index (Phi) is 4.79. The number of hydrogen-bond acceptors (Lipinski definition) is 2. The summed E-state index contributed by atoms with van der Waals surface area (Å²) in [6, 6.07) is 29.2. The van der Waals surface area contributed by atoms with E-state index < -0.39 is 17.5 Å². The van der Waals surface area contributed by atoms with E-state index in [4.69, 9.17) is 0 Å². The van der Waals surface area contributed by atoms with E-state index in [1.165, 1.54) is 4.57 Å². The molecule has 0 saturated carbocycles. The first kappa shape index (κ1) is 22.7. The largest absolute Gasteiger partial charge is 0.306 e. The number of aromatic nitrogens is 2. The molecular weight excluding hydrogens is 497 g/mol. The van der Waals surface area contributed by atoms with Gasteiger partial charge in [-0.2, -0.15) is 10.5 Å². The monoisotopic (exact) mass is 512 g/mol. The van der Waals surface area contributed by atoms with Crippen LogP contribution in [0.15, 0.2) is 91.0 Å². The van der Waals surface area contributed by atoms with Crippen LogP contribution in [0.5, 0.6) is 0 Å². The van der Waals surface area contributed by atoms with Gasteiger partial charge in [-0.15, -0.1) is 0 Å². The quantitative estimate of drug-likeness (QED) is 0.235. The highest BCUT2D eigenvalue weighted by atomic mass is 19.1. The molecular formula is C32H15F3N4. The lowest BCUT2D eigenvalue weighted by Crippen LogP contribution is -2.03. The van der Waals surface area contributed by atoms with Gasteiger partial charge in [0.15, 0.2) is 11.6 Å². The van der Waals surface area contributed by atoms with E-state index in [9.17, 15) is 14.9 Å². The van der Waals surface area contributed by atoms with Gasteiger partial charge in [0.1, 0.15) is 23.6 Å². The van der Waals surface area contributed by atoms with Gasteiger partial charge in [-0.1, -0.05) is 48.5 Å². The summed E-state index contributed by atoms with van der Waals surface area (Å²) in [5.41, 5.74) is 3.14. The van der Waals surface area contributed by atoms with Crippen molar-refractivity contribution in [2.45, 2.75) is 0 Å². The molecule has 0 saturated heterocycles. The zero-order valence-electron chi connectivity index (χ0n) is 20.1. The highest BCUT2D eigenvalue weighted by Gasteiger charge is 2.25. The van der Waals surface area contributed by atoms with Gasteiger partial charge in [0.2, 0.25) is 0 Å². The molecule has 0 unspecified atom stereocenters. The molecule has 2 aromatic heterocycles. The van der Waals surface area contributed by atoms with Crippen molar-refractivity contribution in [1.82, 2.24) is 9.13 Å². The van der Waals surface area contributed by atoms with Crippen molar-refractivity contribution in [3.8, 4) is 23.5 Å². The Hall–Kier alpha value is -5.53. The Balaban J connectivity index is 1.78. The van der Waals surface area contributed by atoms with Gasteiger partial charge in [-0.05, 0) is 30.3 Å². The third kappa shape index (κ3) is 3.05. The van der Waals surface area contributed by atoms with Gasteiger partial charge in [0.05, 0.1) is 38.9 Å². The number of para-hydroxylation sites is 3. The normalized spacial score (nSPS) is 11.4. The first-order chi connectivity index (χ1) is 19.0. The van der Waals surface area contributed by atoms with E-state index >= 15 is 8.78 Å². The maximum Gasteiger partial charge on any atom is 0.153 e. The Labute approximate surface area is 219 Å². The zero-order chi connectivity index (χ0) is 26.8. The highest BCUT2D eigenvalue weighted by Crippen LogP contribution is 2.43. The molecule has 0 aliphatic rings. The van der Waals surface area contributed by atoms with Crippen molar-refractivity contribution in [2.75, 3.05) is 0 Å². The van der Waals surface area contributed by atoms with Gasteiger partial charge >= 0.3 is 0 Å². The van der Waals surface area contributed by atoms with Crippen LogP contribution in [0.1, 0.15) is 11.1 Å². The fraction of sp³-hybridized carbons (Fsp3) is 0. The first-order valence-corrected chi connectivity index (χ1v) is 12.1. The van der Waals surface area contributed by atoms with E-state index in [1.54, 1.807) is 36.4 Å². The van der Waals surface area contributed by atoms with E-state index in [-0.39, 0.29) is 5.69 Å². The molecule has 7 aromatic rings. The number of rotatable bonds is 2. The number of hydrogen-bond donors (Lipinski definition) is 0. The maximum absolute atomic E-state index is 15.2. The third-order valence-corrected chi connectivity index (χ3v) is 7.18. The second-order valence-corrected chi connectivity index (χ2v) is 9.20. The molecule has 0 aliphatic carbocycles. The molecule has 5 aromatic carbocycles. The summed E-state index contributed by atoms with van der Waals surface area (Å²) in [4.78, 5) is 0. The summed E-state index contributed by atoms with van der Waals surface area (Å²) < 4.78 is 47.5. The minimum atomic E-state index is -1.03. The van der Waals surface area contributed by atoms with Gasteiger partial charge in [0.25, 0.3) is 0 Å². The third-order valence-electron chi connectivity index (χ3n) is 7.18. The van der Waals surface area contributed by atoms with Crippen LogP contribution in [0.3, 0.4) is 0 Å². The molecule has 0 amide bonds. The number of halogens is 3. The molecule has 0 N–H and O–H groups in total. The van der Waals surface area contributed by atoms with Crippen LogP contribution >= 0.6 is 0 Å². The summed E-state index contributed by atoms with van der Waals surface area (Å²) in [5.74, 6) is -3.07. The van der Waals surface area contributed by atoms with Crippen LogP contribution in [-0.2, 0) is 0 Å². The summed E-state index contributed by atoms with van der Waals surface area (Å²) in [6.07, 6.45) is 0. The first-order valence-electron chi connectivity index (χ1n) is 12.1. The van der Waals surface area contributed by atoms with Crippen LogP contribution in [0.4, 0.5) is 13.2 Å².